The van der Waals surface area contributed by atoms with Crippen LogP contribution in [0.15, 0.2) is 30.3 Å². The molecule has 0 aromatic heterocycles. The third-order valence-corrected chi connectivity index (χ3v) is 4.29. The summed E-state index contributed by atoms with van der Waals surface area (Å²) in [6, 6.07) is 9.14. The van der Waals surface area contributed by atoms with Crippen molar-refractivity contribution >= 4 is 11.8 Å². The van der Waals surface area contributed by atoms with Gasteiger partial charge in [-0.25, -0.2) is 0 Å². The van der Waals surface area contributed by atoms with Gasteiger partial charge in [0.15, 0.2) is 6.10 Å². The fraction of sp³-hybridized carbons (Fsp3) is 0.579. The summed E-state index contributed by atoms with van der Waals surface area (Å²) >= 11 is 0. The van der Waals surface area contributed by atoms with Crippen LogP contribution < -0.4 is 5.32 Å². The van der Waals surface area contributed by atoms with Gasteiger partial charge in [-0.05, 0) is 18.4 Å². The second-order valence-corrected chi connectivity index (χ2v) is 6.22. The van der Waals surface area contributed by atoms with Crippen LogP contribution in [0.1, 0.15) is 51.1 Å². The Balaban J connectivity index is 2.17. The van der Waals surface area contributed by atoms with Crippen LogP contribution in [0.4, 0.5) is 0 Å². The van der Waals surface area contributed by atoms with Gasteiger partial charge in [-0.2, -0.15) is 0 Å². The molecule has 24 heavy (non-hydrogen) atoms. The van der Waals surface area contributed by atoms with Crippen molar-refractivity contribution in [3.8, 4) is 0 Å². The largest absolute Gasteiger partial charge is 0.356 e. The lowest BCUT2D eigenvalue weighted by Gasteiger charge is -2.35. The summed E-state index contributed by atoms with van der Waals surface area (Å²) < 4.78 is 5.66. The zero-order valence-electron chi connectivity index (χ0n) is 14.7. The summed E-state index contributed by atoms with van der Waals surface area (Å²) in [6.45, 7) is 5.66. The Kier molecular flexibility index (Phi) is 7.25. The summed E-state index contributed by atoms with van der Waals surface area (Å²) in [4.78, 5) is 26.7. The first-order valence-electron chi connectivity index (χ1n) is 8.92. The van der Waals surface area contributed by atoms with Crippen LogP contribution in [0.3, 0.4) is 0 Å². The molecule has 1 saturated heterocycles. The van der Waals surface area contributed by atoms with Gasteiger partial charge in [0.25, 0.3) is 5.91 Å². The van der Waals surface area contributed by atoms with Crippen molar-refractivity contribution in [2.45, 2.75) is 51.7 Å². The van der Waals surface area contributed by atoms with E-state index in [4.69, 9.17) is 4.74 Å². The Labute approximate surface area is 144 Å². The number of benzene rings is 1. The van der Waals surface area contributed by atoms with E-state index in [1.165, 1.54) is 0 Å². The highest BCUT2D eigenvalue weighted by Crippen LogP contribution is 2.24. The van der Waals surface area contributed by atoms with Gasteiger partial charge in [-0.3, -0.25) is 9.59 Å². The maximum atomic E-state index is 13.1. The number of carbonyl (C=O) groups excluding carboxylic acids is 2. The van der Waals surface area contributed by atoms with Crippen molar-refractivity contribution < 1.29 is 14.3 Å². The van der Waals surface area contributed by atoms with Crippen LogP contribution in [0.5, 0.6) is 0 Å². The first-order valence-corrected chi connectivity index (χ1v) is 8.92. The summed E-state index contributed by atoms with van der Waals surface area (Å²) in [6.07, 6.45) is 3.38. The normalized spacial score (nSPS) is 20.5. The van der Waals surface area contributed by atoms with E-state index in [9.17, 15) is 9.59 Å². The average Bonchev–Trinajstić information content (AvgIpc) is 2.62. The number of hydrogen-bond donors (Lipinski definition) is 1. The second-order valence-electron chi connectivity index (χ2n) is 6.22. The minimum absolute atomic E-state index is 0.0225. The molecule has 5 heteroatoms. The molecule has 0 aliphatic carbocycles. The number of ether oxygens (including phenoxy) is 1. The van der Waals surface area contributed by atoms with Gasteiger partial charge in [-0.15, -0.1) is 0 Å². The van der Waals surface area contributed by atoms with E-state index in [0.29, 0.717) is 0 Å². The first-order chi connectivity index (χ1) is 11.7. The van der Waals surface area contributed by atoms with Crippen molar-refractivity contribution in [3.05, 3.63) is 35.9 Å². The van der Waals surface area contributed by atoms with E-state index in [1.54, 1.807) is 0 Å². The predicted molar refractivity (Wildman–Crippen MR) is 93.5 cm³/mol. The minimum atomic E-state index is -0.654. The van der Waals surface area contributed by atoms with Crippen molar-refractivity contribution in [3.63, 3.8) is 0 Å². The van der Waals surface area contributed by atoms with Crippen LogP contribution >= 0.6 is 0 Å². The van der Waals surface area contributed by atoms with Crippen LogP contribution in [-0.2, 0) is 14.3 Å². The standard InChI is InChI=1S/C19H28N2O3/c1-3-5-12-21(13-6-4-2)19(23)18-17(20-16(22)14-24-18)15-10-8-7-9-11-15/h7-11,17-18H,3-6,12-14H2,1-2H3,(H,20,22). The number of morpholine rings is 1. The lowest BCUT2D eigenvalue weighted by Crippen LogP contribution is -2.53. The Bertz CT molecular complexity index is 525. The lowest BCUT2D eigenvalue weighted by molar-refractivity contribution is -0.155. The third-order valence-electron chi connectivity index (χ3n) is 4.29. The third kappa shape index (κ3) is 4.81. The smallest absolute Gasteiger partial charge is 0.254 e. The number of rotatable bonds is 8. The zero-order chi connectivity index (χ0) is 17.4. The van der Waals surface area contributed by atoms with E-state index < -0.39 is 12.1 Å². The molecular weight excluding hydrogens is 304 g/mol. The topological polar surface area (TPSA) is 58.6 Å². The fourth-order valence-electron chi connectivity index (χ4n) is 2.89. The van der Waals surface area contributed by atoms with Gasteiger partial charge in [0.1, 0.15) is 6.61 Å². The molecule has 0 radical (unpaired) electrons. The van der Waals surface area contributed by atoms with Crippen LogP contribution in [0.25, 0.3) is 0 Å². The summed E-state index contributed by atoms with van der Waals surface area (Å²) in [5.41, 5.74) is 0.898. The number of unbranched alkanes of at least 4 members (excludes halogenated alkanes) is 2. The van der Waals surface area contributed by atoms with Gasteiger partial charge in [-0.1, -0.05) is 57.0 Å². The molecule has 1 aromatic rings. The summed E-state index contributed by atoms with van der Waals surface area (Å²) in [7, 11) is 0. The van der Waals surface area contributed by atoms with Gasteiger partial charge in [0.05, 0.1) is 6.04 Å². The molecule has 2 atom stereocenters. The van der Waals surface area contributed by atoms with Crippen LogP contribution in [0.2, 0.25) is 0 Å². The molecule has 1 aromatic carbocycles. The number of carbonyl (C=O) groups is 2. The molecule has 132 valence electrons. The first kappa shape index (κ1) is 18.5. The lowest BCUT2D eigenvalue weighted by atomic mass is 9.98. The number of nitrogens with one attached hydrogen (secondary N) is 1. The Morgan fingerprint density at radius 2 is 1.79 bits per heavy atom. The molecule has 1 aliphatic heterocycles. The number of nitrogens with zero attached hydrogens (tertiary/aromatic N) is 1. The van der Waals surface area contributed by atoms with Gasteiger partial charge >= 0.3 is 0 Å². The van der Waals surface area contributed by atoms with Crippen LogP contribution in [0, 0.1) is 0 Å². The highest BCUT2D eigenvalue weighted by molar-refractivity contribution is 5.86. The van der Waals surface area contributed by atoms with Crippen molar-refractivity contribution in [1.29, 1.82) is 0 Å². The number of amides is 2. The van der Waals surface area contributed by atoms with E-state index in [2.05, 4.69) is 19.2 Å². The molecule has 2 rings (SSSR count). The highest BCUT2D eigenvalue weighted by Gasteiger charge is 2.38. The molecular formula is C19H28N2O3. The quantitative estimate of drug-likeness (QED) is 0.796. The second kappa shape index (κ2) is 9.42. The fourth-order valence-corrected chi connectivity index (χ4v) is 2.89. The minimum Gasteiger partial charge on any atom is -0.356 e. The van der Waals surface area contributed by atoms with Crippen LogP contribution in [-0.4, -0.2) is 42.5 Å². The molecule has 1 aliphatic rings. The Hall–Kier alpha value is -1.88. The van der Waals surface area contributed by atoms with E-state index >= 15 is 0 Å². The van der Waals surface area contributed by atoms with Gasteiger partial charge in [0, 0.05) is 13.1 Å². The molecule has 2 amide bonds. The Morgan fingerprint density at radius 3 is 2.38 bits per heavy atom. The molecule has 1 heterocycles. The molecule has 0 saturated carbocycles. The maximum Gasteiger partial charge on any atom is 0.254 e. The molecule has 0 spiro atoms. The number of hydrogen-bond acceptors (Lipinski definition) is 3. The molecule has 5 nitrogen and oxygen atoms in total. The SMILES string of the molecule is CCCCN(CCCC)C(=O)C1OCC(=O)NC1c1ccccc1. The monoisotopic (exact) mass is 332 g/mol. The molecule has 1 fully saturated rings. The van der Waals surface area contributed by atoms with Crippen molar-refractivity contribution in [2.24, 2.45) is 0 Å². The van der Waals surface area contributed by atoms with Crippen molar-refractivity contribution in [2.75, 3.05) is 19.7 Å². The summed E-state index contributed by atoms with van der Waals surface area (Å²) in [5, 5.41) is 2.92. The molecule has 0 bridgehead atoms. The maximum absolute atomic E-state index is 13.1. The molecule has 1 N–H and O–H groups in total. The predicted octanol–water partition coefficient (Wildman–Crippen LogP) is 2.67. The van der Waals surface area contributed by atoms with Crippen molar-refractivity contribution in [1.82, 2.24) is 10.2 Å². The van der Waals surface area contributed by atoms with E-state index in [-0.39, 0.29) is 18.4 Å². The van der Waals surface area contributed by atoms with E-state index in [1.807, 2.05) is 35.2 Å². The average molecular weight is 332 g/mol. The van der Waals surface area contributed by atoms with Gasteiger partial charge < -0.3 is 15.0 Å². The zero-order valence-corrected chi connectivity index (χ0v) is 14.7. The molecule has 2 unspecified atom stereocenters. The summed E-state index contributed by atoms with van der Waals surface area (Å²) in [5.74, 6) is -0.202. The Morgan fingerprint density at radius 1 is 1.17 bits per heavy atom. The van der Waals surface area contributed by atoms with Gasteiger partial charge in [0.2, 0.25) is 5.91 Å². The highest BCUT2D eigenvalue weighted by atomic mass is 16.5. The van der Waals surface area contributed by atoms with E-state index in [0.717, 1.165) is 44.3 Å².